The number of carbonyl (C=O) groups is 1. The maximum Gasteiger partial charge on any atom is 0.251 e. The van der Waals surface area contributed by atoms with Gasteiger partial charge in [0.25, 0.3) is 5.91 Å². The fourth-order valence-corrected chi connectivity index (χ4v) is 2.38. The molecule has 0 unspecified atom stereocenters. The SMILES string of the molecule is CCNC(=NCc1cccc(C(=O)NC)c1)NCCCOCC1CC1.I. The number of guanidine groups is 1. The molecule has 1 aliphatic rings. The van der Waals surface area contributed by atoms with Crippen molar-refractivity contribution in [1.29, 1.82) is 0 Å². The summed E-state index contributed by atoms with van der Waals surface area (Å²) in [6, 6.07) is 7.53. The van der Waals surface area contributed by atoms with Gasteiger partial charge in [-0.1, -0.05) is 12.1 Å². The number of amides is 1. The van der Waals surface area contributed by atoms with Crippen LogP contribution >= 0.6 is 24.0 Å². The van der Waals surface area contributed by atoms with Gasteiger partial charge in [0, 0.05) is 38.9 Å². The van der Waals surface area contributed by atoms with Gasteiger partial charge in [-0.25, -0.2) is 4.99 Å². The molecule has 3 N–H and O–H groups in total. The monoisotopic (exact) mass is 474 g/mol. The molecule has 7 heteroatoms. The van der Waals surface area contributed by atoms with Crippen molar-refractivity contribution in [1.82, 2.24) is 16.0 Å². The largest absolute Gasteiger partial charge is 0.381 e. The maximum absolute atomic E-state index is 11.7. The predicted octanol–water partition coefficient (Wildman–Crippen LogP) is 2.54. The molecule has 0 radical (unpaired) electrons. The van der Waals surface area contributed by atoms with E-state index in [1.807, 2.05) is 25.1 Å². The first-order valence-corrected chi connectivity index (χ1v) is 9.14. The molecule has 6 nitrogen and oxygen atoms in total. The van der Waals surface area contributed by atoms with E-state index in [2.05, 4.69) is 20.9 Å². The van der Waals surface area contributed by atoms with E-state index in [1.165, 1.54) is 12.8 Å². The van der Waals surface area contributed by atoms with Crippen molar-refractivity contribution in [3.8, 4) is 0 Å². The van der Waals surface area contributed by atoms with Gasteiger partial charge < -0.3 is 20.7 Å². The number of halogens is 1. The molecular weight excluding hydrogens is 443 g/mol. The Morgan fingerprint density at radius 3 is 2.81 bits per heavy atom. The normalized spacial score (nSPS) is 13.7. The van der Waals surface area contributed by atoms with E-state index in [9.17, 15) is 4.79 Å². The zero-order valence-electron chi connectivity index (χ0n) is 15.7. The second-order valence-corrected chi connectivity index (χ2v) is 6.27. The van der Waals surface area contributed by atoms with Crippen LogP contribution in [0.3, 0.4) is 0 Å². The molecule has 0 bridgehead atoms. The van der Waals surface area contributed by atoms with Crippen molar-refractivity contribution in [3.63, 3.8) is 0 Å². The standard InChI is InChI=1S/C19H30N4O2.HI/c1-3-21-19(22-10-5-11-25-14-15-8-9-15)23-13-16-6-4-7-17(12-16)18(24)20-2;/h4,6-7,12,15H,3,5,8-11,13-14H2,1-2H3,(H,20,24)(H2,21,22,23);1H. The molecule has 1 aromatic carbocycles. The van der Waals surface area contributed by atoms with Gasteiger partial charge in [-0.15, -0.1) is 24.0 Å². The Morgan fingerprint density at radius 2 is 2.12 bits per heavy atom. The average molecular weight is 474 g/mol. The minimum absolute atomic E-state index is 0. The van der Waals surface area contributed by atoms with E-state index in [0.717, 1.165) is 50.2 Å². The van der Waals surface area contributed by atoms with E-state index in [4.69, 9.17) is 4.74 Å². The molecule has 26 heavy (non-hydrogen) atoms. The fourth-order valence-electron chi connectivity index (χ4n) is 2.38. The summed E-state index contributed by atoms with van der Waals surface area (Å²) < 4.78 is 5.64. The molecule has 1 aromatic rings. The van der Waals surface area contributed by atoms with Gasteiger partial charge in [-0.3, -0.25) is 4.79 Å². The topological polar surface area (TPSA) is 74.8 Å². The van der Waals surface area contributed by atoms with Crippen molar-refractivity contribution < 1.29 is 9.53 Å². The summed E-state index contributed by atoms with van der Waals surface area (Å²) in [4.78, 5) is 16.3. The number of ether oxygens (including phenoxy) is 1. The molecule has 1 amide bonds. The van der Waals surface area contributed by atoms with Crippen LogP contribution in [-0.4, -0.2) is 45.2 Å². The highest BCUT2D eigenvalue weighted by molar-refractivity contribution is 14.0. The number of benzene rings is 1. The Labute approximate surface area is 173 Å². The van der Waals surface area contributed by atoms with Gasteiger partial charge in [-0.05, 0) is 49.8 Å². The Bertz CT molecular complexity index is 576. The van der Waals surface area contributed by atoms with E-state index in [-0.39, 0.29) is 29.9 Å². The summed E-state index contributed by atoms with van der Waals surface area (Å²) in [5.74, 6) is 1.52. The molecule has 0 spiro atoms. The van der Waals surface area contributed by atoms with Gasteiger partial charge in [0.2, 0.25) is 0 Å². The van der Waals surface area contributed by atoms with Crippen LogP contribution in [0.15, 0.2) is 29.3 Å². The minimum atomic E-state index is -0.0814. The van der Waals surface area contributed by atoms with Crippen molar-refractivity contribution in [3.05, 3.63) is 35.4 Å². The zero-order chi connectivity index (χ0) is 17.9. The fraction of sp³-hybridized carbons (Fsp3) is 0.579. The van der Waals surface area contributed by atoms with Gasteiger partial charge in [0.15, 0.2) is 5.96 Å². The Kier molecular flexibility index (Phi) is 11.3. The first-order valence-electron chi connectivity index (χ1n) is 9.14. The molecule has 0 saturated heterocycles. The van der Waals surface area contributed by atoms with Crippen LogP contribution in [0.25, 0.3) is 0 Å². The van der Waals surface area contributed by atoms with Crippen LogP contribution in [0.1, 0.15) is 42.1 Å². The first kappa shape index (κ1) is 22.7. The average Bonchev–Trinajstić information content (AvgIpc) is 3.46. The third-order valence-corrected chi connectivity index (χ3v) is 3.99. The number of hydrogen-bond donors (Lipinski definition) is 3. The maximum atomic E-state index is 11.7. The minimum Gasteiger partial charge on any atom is -0.381 e. The summed E-state index contributed by atoms with van der Waals surface area (Å²) >= 11 is 0. The van der Waals surface area contributed by atoms with Gasteiger partial charge in [-0.2, -0.15) is 0 Å². The second kappa shape index (κ2) is 12.9. The molecule has 0 aromatic heterocycles. The van der Waals surface area contributed by atoms with Crippen LogP contribution in [0.4, 0.5) is 0 Å². The quantitative estimate of drug-likeness (QED) is 0.211. The summed E-state index contributed by atoms with van der Waals surface area (Å²) in [5.41, 5.74) is 1.66. The molecule has 0 atom stereocenters. The predicted molar refractivity (Wildman–Crippen MR) is 116 cm³/mol. The highest BCUT2D eigenvalue weighted by atomic mass is 127. The van der Waals surface area contributed by atoms with E-state index in [0.29, 0.717) is 12.1 Å². The molecule has 1 aliphatic carbocycles. The molecular formula is C19H31IN4O2. The molecule has 0 heterocycles. The second-order valence-electron chi connectivity index (χ2n) is 6.27. The third kappa shape index (κ3) is 8.84. The smallest absolute Gasteiger partial charge is 0.251 e. The van der Waals surface area contributed by atoms with E-state index < -0.39 is 0 Å². The van der Waals surface area contributed by atoms with Gasteiger partial charge >= 0.3 is 0 Å². The number of nitrogens with one attached hydrogen (secondary N) is 3. The number of aliphatic imine (C=N–C) groups is 1. The zero-order valence-corrected chi connectivity index (χ0v) is 18.0. The van der Waals surface area contributed by atoms with Gasteiger partial charge in [0.05, 0.1) is 6.54 Å². The first-order chi connectivity index (χ1) is 12.2. The Balaban J connectivity index is 0.00000338. The van der Waals surface area contributed by atoms with Gasteiger partial charge in [0.1, 0.15) is 0 Å². The van der Waals surface area contributed by atoms with Crippen LogP contribution in [0.5, 0.6) is 0 Å². The molecule has 1 fully saturated rings. The lowest BCUT2D eigenvalue weighted by Crippen LogP contribution is -2.38. The molecule has 0 aliphatic heterocycles. The molecule has 146 valence electrons. The summed E-state index contributed by atoms with van der Waals surface area (Å²) in [5, 5.41) is 9.20. The highest BCUT2D eigenvalue weighted by Gasteiger charge is 2.20. The Morgan fingerprint density at radius 1 is 1.31 bits per heavy atom. The van der Waals surface area contributed by atoms with Crippen molar-refractivity contribution in [2.75, 3.05) is 33.4 Å². The third-order valence-electron chi connectivity index (χ3n) is 3.99. The number of hydrogen-bond acceptors (Lipinski definition) is 3. The van der Waals surface area contributed by atoms with Crippen molar-refractivity contribution in [2.24, 2.45) is 10.9 Å². The lowest BCUT2D eigenvalue weighted by atomic mass is 10.1. The highest BCUT2D eigenvalue weighted by Crippen LogP contribution is 2.28. The summed E-state index contributed by atoms with van der Waals surface area (Å²) in [6.07, 6.45) is 3.62. The summed E-state index contributed by atoms with van der Waals surface area (Å²) in [7, 11) is 1.63. The van der Waals surface area contributed by atoms with Crippen molar-refractivity contribution >= 4 is 35.8 Å². The van der Waals surface area contributed by atoms with Crippen molar-refractivity contribution in [2.45, 2.75) is 32.7 Å². The van der Waals surface area contributed by atoms with Crippen LogP contribution in [0, 0.1) is 5.92 Å². The molecule has 1 saturated carbocycles. The van der Waals surface area contributed by atoms with E-state index >= 15 is 0 Å². The number of rotatable bonds is 10. The lowest BCUT2D eigenvalue weighted by Gasteiger charge is -2.11. The number of carbonyl (C=O) groups excluding carboxylic acids is 1. The Hall–Kier alpha value is -1.35. The number of nitrogens with zero attached hydrogens (tertiary/aromatic N) is 1. The van der Waals surface area contributed by atoms with Crippen LogP contribution < -0.4 is 16.0 Å². The van der Waals surface area contributed by atoms with Crippen LogP contribution in [-0.2, 0) is 11.3 Å². The molecule has 2 rings (SSSR count). The van der Waals surface area contributed by atoms with E-state index in [1.54, 1.807) is 13.1 Å². The summed E-state index contributed by atoms with van der Waals surface area (Å²) in [6.45, 7) is 5.91. The van der Waals surface area contributed by atoms with Crippen LogP contribution in [0.2, 0.25) is 0 Å². The lowest BCUT2D eigenvalue weighted by molar-refractivity contribution is 0.0963.